The highest BCUT2D eigenvalue weighted by molar-refractivity contribution is 6.37. The molecular weight excluding hydrogens is 130 g/mol. The molecule has 0 aliphatic rings. The number of nitrogens with zero attached hydrogens (tertiary/aromatic N) is 1. The van der Waals surface area contributed by atoms with Crippen LogP contribution >= 0.6 is 0 Å². The van der Waals surface area contributed by atoms with Gasteiger partial charge in [-0.05, 0) is 13.3 Å². The molecular formula is C7H13NO2. The summed E-state index contributed by atoms with van der Waals surface area (Å²) in [7, 11) is 0. The van der Waals surface area contributed by atoms with E-state index in [2.05, 4.69) is 5.16 Å². The lowest BCUT2D eigenvalue weighted by molar-refractivity contribution is -0.111. The first-order chi connectivity index (χ1) is 4.68. The molecule has 0 bridgehead atoms. The Labute approximate surface area is 61.1 Å². The third-order valence-corrected chi connectivity index (χ3v) is 1.01. The fourth-order valence-electron chi connectivity index (χ4n) is 0.298. The van der Waals surface area contributed by atoms with Crippen LogP contribution in [-0.2, 0) is 9.63 Å². The highest BCUT2D eigenvalue weighted by Gasteiger charge is 1.96. The number of carbonyl (C=O) groups is 1. The lowest BCUT2D eigenvalue weighted by atomic mass is 10.3. The van der Waals surface area contributed by atoms with E-state index in [0.29, 0.717) is 12.3 Å². The molecule has 0 unspecified atom stereocenters. The van der Waals surface area contributed by atoms with Crippen LogP contribution in [-0.4, -0.2) is 18.1 Å². The number of rotatable bonds is 4. The van der Waals surface area contributed by atoms with Crippen molar-refractivity contribution in [2.75, 3.05) is 6.61 Å². The van der Waals surface area contributed by atoms with E-state index in [9.17, 15) is 4.79 Å². The minimum Gasteiger partial charge on any atom is -0.396 e. The smallest absolute Gasteiger partial charge is 0.177 e. The van der Waals surface area contributed by atoms with Gasteiger partial charge in [0.25, 0.3) is 0 Å². The average Bonchev–Trinajstić information content (AvgIpc) is 1.88. The van der Waals surface area contributed by atoms with Gasteiger partial charge in [0.2, 0.25) is 0 Å². The zero-order valence-electron chi connectivity index (χ0n) is 6.68. The summed E-state index contributed by atoms with van der Waals surface area (Å²) in [6.45, 7) is 5.66. The highest BCUT2D eigenvalue weighted by Crippen LogP contribution is 1.84. The van der Waals surface area contributed by atoms with E-state index >= 15 is 0 Å². The van der Waals surface area contributed by atoms with Crippen LogP contribution in [0.2, 0.25) is 0 Å². The van der Waals surface area contributed by atoms with Crippen LogP contribution in [0, 0.1) is 0 Å². The average molecular weight is 143 g/mol. The molecule has 0 fully saturated rings. The van der Waals surface area contributed by atoms with Gasteiger partial charge in [0.05, 0.1) is 0 Å². The lowest BCUT2D eigenvalue weighted by Gasteiger charge is -1.95. The van der Waals surface area contributed by atoms with E-state index in [1.165, 1.54) is 6.92 Å². The number of carbonyl (C=O) groups excluding carboxylic acids is 1. The topological polar surface area (TPSA) is 38.7 Å². The quantitative estimate of drug-likeness (QED) is 0.339. The van der Waals surface area contributed by atoms with Crippen molar-refractivity contribution >= 4 is 11.5 Å². The summed E-state index contributed by atoms with van der Waals surface area (Å²) >= 11 is 0. The Kier molecular flexibility index (Phi) is 4.54. The second kappa shape index (κ2) is 4.97. The molecule has 3 heteroatoms. The summed E-state index contributed by atoms with van der Waals surface area (Å²) < 4.78 is 0. The monoisotopic (exact) mass is 143 g/mol. The number of hydrogen-bond donors (Lipinski definition) is 0. The summed E-state index contributed by atoms with van der Waals surface area (Å²) in [5.74, 6) is -0.0453. The van der Waals surface area contributed by atoms with Crippen LogP contribution in [0.25, 0.3) is 0 Å². The largest absolute Gasteiger partial charge is 0.396 e. The predicted molar refractivity (Wildman–Crippen MR) is 40.0 cm³/mol. The van der Waals surface area contributed by atoms with Crippen molar-refractivity contribution < 1.29 is 9.63 Å². The van der Waals surface area contributed by atoms with Crippen LogP contribution in [0.4, 0.5) is 0 Å². The standard InChI is InChI=1S/C7H13NO2/c1-4-5-10-8-6(2)7(3)9/h4-5H2,1-3H3. The van der Waals surface area contributed by atoms with E-state index in [-0.39, 0.29) is 5.78 Å². The Hall–Kier alpha value is -0.860. The molecule has 0 N–H and O–H groups in total. The molecule has 0 heterocycles. The van der Waals surface area contributed by atoms with E-state index < -0.39 is 0 Å². The van der Waals surface area contributed by atoms with Crippen molar-refractivity contribution in [3.63, 3.8) is 0 Å². The number of hydrogen-bond acceptors (Lipinski definition) is 3. The molecule has 58 valence electrons. The van der Waals surface area contributed by atoms with Gasteiger partial charge in [0.1, 0.15) is 12.3 Å². The first-order valence-electron chi connectivity index (χ1n) is 3.36. The van der Waals surface area contributed by atoms with Crippen molar-refractivity contribution in [3.05, 3.63) is 0 Å². The molecule has 0 saturated heterocycles. The Morgan fingerprint density at radius 3 is 2.50 bits per heavy atom. The van der Waals surface area contributed by atoms with Crippen molar-refractivity contribution in [2.24, 2.45) is 5.16 Å². The molecule has 0 aromatic heterocycles. The molecule has 0 amide bonds. The first-order valence-corrected chi connectivity index (χ1v) is 3.36. The van der Waals surface area contributed by atoms with Crippen molar-refractivity contribution in [1.82, 2.24) is 0 Å². The Bertz CT molecular complexity index is 141. The number of oxime groups is 1. The first kappa shape index (κ1) is 9.14. The van der Waals surface area contributed by atoms with Crippen LogP contribution in [0.3, 0.4) is 0 Å². The SMILES string of the molecule is CCCON=C(C)C(C)=O. The summed E-state index contributed by atoms with van der Waals surface area (Å²) in [4.78, 5) is 15.3. The predicted octanol–water partition coefficient (Wildman–Crippen LogP) is 1.38. The van der Waals surface area contributed by atoms with Crippen LogP contribution in [0.5, 0.6) is 0 Å². The molecule has 3 nitrogen and oxygen atoms in total. The highest BCUT2D eigenvalue weighted by atomic mass is 16.6. The van der Waals surface area contributed by atoms with Crippen molar-refractivity contribution in [3.8, 4) is 0 Å². The number of Topliss-reactive ketones (excluding diaryl/α,β-unsaturated/α-hetero) is 1. The minimum absolute atomic E-state index is 0.0453. The maximum atomic E-state index is 10.5. The third kappa shape index (κ3) is 4.06. The molecule has 0 aliphatic heterocycles. The van der Waals surface area contributed by atoms with Crippen molar-refractivity contribution in [2.45, 2.75) is 27.2 Å². The fraction of sp³-hybridized carbons (Fsp3) is 0.714. The number of ketones is 1. The molecule has 0 saturated carbocycles. The fourth-order valence-corrected chi connectivity index (χ4v) is 0.298. The summed E-state index contributed by atoms with van der Waals surface area (Å²) in [6.07, 6.45) is 0.911. The van der Waals surface area contributed by atoms with Crippen LogP contribution in [0.15, 0.2) is 5.16 Å². The van der Waals surface area contributed by atoms with E-state index in [1.54, 1.807) is 6.92 Å². The molecule has 0 rings (SSSR count). The van der Waals surface area contributed by atoms with E-state index in [0.717, 1.165) is 6.42 Å². The Morgan fingerprint density at radius 2 is 2.10 bits per heavy atom. The van der Waals surface area contributed by atoms with Gasteiger partial charge in [0.15, 0.2) is 5.78 Å². The molecule has 0 aliphatic carbocycles. The van der Waals surface area contributed by atoms with Gasteiger partial charge in [-0.3, -0.25) is 4.79 Å². The Morgan fingerprint density at radius 1 is 1.50 bits per heavy atom. The van der Waals surface area contributed by atoms with Gasteiger partial charge in [-0.1, -0.05) is 12.1 Å². The second-order valence-electron chi connectivity index (χ2n) is 2.07. The van der Waals surface area contributed by atoms with Gasteiger partial charge in [-0.15, -0.1) is 0 Å². The van der Waals surface area contributed by atoms with E-state index in [4.69, 9.17) is 4.84 Å². The minimum atomic E-state index is -0.0453. The maximum Gasteiger partial charge on any atom is 0.177 e. The normalized spacial score (nSPS) is 11.3. The molecule has 0 atom stereocenters. The molecule has 0 aromatic rings. The van der Waals surface area contributed by atoms with E-state index in [1.807, 2.05) is 6.92 Å². The Balaban J connectivity index is 3.58. The van der Waals surface area contributed by atoms with Gasteiger partial charge in [-0.25, -0.2) is 0 Å². The molecule has 10 heavy (non-hydrogen) atoms. The summed E-state index contributed by atoms with van der Waals surface area (Å²) in [5.41, 5.74) is 0.424. The van der Waals surface area contributed by atoms with Crippen LogP contribution < -0.4 is 0 Å². The lowest BCUT2D eigenvalue weighted by Crippen LogP contribution is -2.05. The van der Waals surface area contributed by atoms with Gasteiger partial charge < -0.3 is 4.84 Å². The van der Waals surface area contributed by atoms with Gasteiger partial charge >= 0.3 is 0 Å². The molecule has 0 radical (unpaired) electrons. The summed E-state index contributed by atoms with van der Waals surface area (Å²) in [6, 6.07) is 0. The maximum absolute atomic E-state index is 10.5. The van der Waals surface area contributed by atoms with Gasteiger partial charge in [-0.2, -0.15) is 0 Å². The second-order valence-corrected chi connectivity index (χ2v) is 2.07. The zero-order chi connectivity index (χ0) is 7.98. The third-order valence-electron chi connectivity index (χ3n) is 1.01. The van der Waals surface area contributed by atoms with Crippen molar-refractivity contribution in [1.29, 1.82) is 0 Å². The van der Waals surface area contributed by atoms with Gasteiger partial charge in [0, 0.05) is 6.92 Å². The molecule has 0 spiro atoms. The molecule has 0 aromatic carbocycles. The van der Waals surface area contributed by atoms with Crippen LogP contribution in [0.1, 0.15) is 27.2 Å². The zero-order valence-corrected chi connectivity index (χ0v) is 6.68. The summed E-state index contributed by atoms with van der Waals surface area (Å²) in [5, 5.41) is 3.58.